The van der Waals surface area contributed by atoms with Crippen LogP contribution < -0.4 is 5.32 Å². The molecule has 0 saturated carbocycles. The van der Waals surface area contributed by atoms with Crippen LogP contribution in [0, 0.1) is 6.92 Å². The first kappa shape index (κ1) is 19.5. The van der Waals surface area contributed by atoms with Crippen LogP contribution in [0.3, 0.4) is 0 Å². The minimum Gasteiger partial charge on any atom is -0.464 e. The summed E-state index contributed by atoms with van der Waals surface area (Å²) in [4.78, 5) is 27.3. The molecule has 2 heterocycles. The summed E-state index contributed by atoms with van der Waals surface area (Å²) in [7, 11) is 3.17. The largest absolute Gasteiger partial charge is 0.464 e. The Bertz CT molecular complexity index is 798. The smallest absolute Gasteiger partial charge is 0.354 e. The summed E-state index contributed by atoms with van der Waals surface area (Å²) in [5.41, 5.74) is 3.35. The number of nitrogens with one attached hydrogen (secondary N) is 1. The van der Waals surface area contributed by atoms with Crippen LogP contribution in [0.25, 0.3) is 11.1 Å². The molecule has 0 aromatic carbocycles. The lowest BCUT2D eigenvalue weighted by Crippen LogP contribution is -2.26. The number of carbonyl (C=O) groups is 2. The van der Waals surface area contributed by atoms with Crippen LogP contribution in [0.15, 0.2) is 24.5 Å². The van der Waals surface area contributed by atoms with E-state index in [9.17, 15) is 9.59 Å². The Hall–Kier alpha value is -2.83. The Morgan fingerprint density at radius 2 is 2.08 bits per heavy atom. The van der Waals surface area contributed by atoms with Gasteiger partial charge in [0.2, 0.25) is 0 Å². The predicted octanol–water partition coefficient (Wildman–Crippen LogP) is 2.94. The number of rotatable bonds is 7. The van der Waals surface area contributed by atoms with Gasteiger partial charge >= 0.3 is 11.9 Å². The molecule has 2 aromatic rings. The predicted molar refractivity (Wildman–Crippen MR) is 99.1 cm³/mol. The van der Waals surface area contributed by atoms with Crippen molar-refractivity contribution in [2.45, 2.75) is 33.2 Å². The second-order valence-corrected chi connectivity index (χ2v) is 6.15. The topological polar surface area (TPSA) is 82.5 Å². The normalized spacial score (nSPS) is 11.7. The monoisotopic (exact) mass is 359 g/mol. The fourth-order valence-electron chi connectivity index (χ4n) is 2.62. The molecule has 2 rings (SSSR count). The van der Waals surface area contributed by atoms with E-state index in [0.29, 0.717) is 11.5 Å². The van der Waals surface area contributed by atoms with E-state index in [1.807, 2.05) is 26.1 Å². The quantitative estimate of drug-likeness (QED) is 0.766. The van der Waals surface area contributed by atoms with E-state index < -0.39 is 0 Å². The van der Waals surface area contributed by atoms with Gasteiger partial charge in [-0.1, -0.05) is 6.92 Å². The van der Waals surface area contributed by atoms with Gasteiger partial charge in [-0.05, 0) is 36.6 Å². The van der Waals surface area contributed by atoms with Crippen molar-refractivity contribution in [2.75, 3.05) is 19.0 Å². The summed E-state index contributed by atoms with van der Waals surface area (Å²) in [6.07, 6.45) is 4.45. The Kier molecular flexibility index (Phi) is 6.38. The molecule has 26 heavy (non-hydrogen) atoms. The molecule has 0 aliphatic carbocycles. The molecule has 0 spiro atoms. The van der Waals surface area contributed by atoms with Crippen molar-refractivity contribution in [3.63, 3.8) is 0 Å². The van der Waals surface area contributed by atoms with E-state index in [1.165, 1.54) is 14.0 Å². The van der Waals surface area contributed by atoms with Gasteiger partial charge in [-0.3, -0.25) is 4.79 Å². The van der Waals surface area contributed by atoms with Gasteiger partial charge < -0.3 is 19.4 Å². The Morgan fingerprint density at radius 3 is 2.69 bits per heavy atom. The molecular formula is C19H25N3O4. The maximum Gasteiger partial charge on any atom is 0.354 e. The Labute approximate surface area is 153 Å². The number of carbonyl (C=O) groups excluding carboxylic acids is 2. The lowest BCUT2D eigenvalue weighted by atomic mass is 10.0. The summed E-state index contributed by atoms with van der Waals surface area (Å²) >= 11 is 0. The van der Waals surface area contributed by atoms with E-state index in [-0.39, 0.29) is 24.6 Å². The van der Waals surface area contributed by atoms with Crippen molar-refractivity contribution in [3.05, 3.63) is 35.8 Å². The molecular weight excluding hydrogens is 334 g/mol. The molecule has 2 aromatic heterocycles. The van der Waals surface area contributed by atoms with E-state index in [1.54, 1.807) is 23.9 Å². The highest BCUT2D eigenvalue weighted by Gasteiger charge is 2.15. The third-order valence-corrected chi connectivity index (χ3v) is 4.15. The first-order valence-electron chi connectivity index (χ1n) is 8.47. The standard InChI is InChI=1S/C19H25N3O4/c1-6-15(11-26-13(3)23)21-18-8-16(12(2)9-20-18)14-7-17(19(24)25-5)22(4)10-14/h7-10,15H,6,11H2,1-5H3,(H,20,21)/t15-/m0/s1. The molecule has 0 bridgehead atoms. The zero-order valence-corrected chi connectivity index (χ0v) is 15.8. The van der Waals surface area contributed by atoms with Gasteiger partial charge in [0, 0.05) is 31.9 Å². The van der Waals surface area contributed by atoms with E-state index in [0.717, 1.165) is 23.1 Å². The number of nitrogens with zero attached hydrogens (tertiary/aromatic N) is 2. The molecule has 0 aliphatic rings. The van der Waals surface area contributed by atoms with Crippen LogP contribution in [0.2, 0.25) is 0 Å². The van der Waals surface area contributed by atoms with Crippen LogP contribution in [0.4, 0.5) is 5.82 Å². The van der Waals surface area contributed by atoms with Gasteiger partial charge in [0.25, 0.3) is 0 Å². The zero-order chi connectivity index (χ0) is 19.3. The van der Waals surface area contributed by atoms with Crippen molar-refractivity contribution >= 4 is 17.8 Å². The summed E-state index contributed by atoms with van der Waals surface area (Å²) in [5.74, 6) is 0.00624. The summed E-state index contributed by atoms with van der Waals surface area (Å²) < 4.78 is 11.6. The zero-order valence-electron chi connectivity index (χ0n) is 15.8. The number of hydrogen-bond donors (Lipinski definition) is 1. The Morgan fingerprint density at radius 1 is 1.35 bits per heavy atom. The van der Waals surface area contributed by atoms with Gasteiger partial charge in [-0.2, -0.15) is 0 Å². The lowest BCUT2D eigenvalue weighted by molar-refractivity contribution is -0.141. The average molecular weight is 359 g/mol. The van der Waals surface area contributed by atoms with Crippen molar-refractivity contribution in [2.24, 2.45) is 7.05 Å². The summed E-state index contributed by atoms with van der Waals surface area (Å²) in [6, 6.07) is 3.71. The van der Waals surface area contributed by atoms with E-state index >= 15 is 0 Å². The van der Waals surface area contributed by atoms with Crippen molar-refractivity contribution in [1.29, 1.82) is 0 Å². The molecule has 0 aliphatic heterocycles. The fourth-order valence-corrected chi connectivity index (χ4v) is 2.62. The molecule has 140 valence electrons. The number of pyridine rings is 1. The first-order chi connectivity index (χ1) is 12.3. The molecule has 7 heteroatoms. The van der Waals surface area contributed by atoms with Gasteiger partial charge in [-0.15, -0.1) is 0 Å². The molecule has 0 radical (unpaired) electrons. The van der Waals surface area contributed by atoms with Gasteiger partial charge in [0.15, 0.2) is 0 Å². The number of methoxy groups -OCH3 is 1. The molecule has 1 atom stereocenters. The third kappa shape index (κ3) is 4.62. The highest BCUT2D eigenvalue weighted by atomic mass is 16.5. The number of aryl methyl sites for hydroxylation is 2. The van der Waals surface area contributed by atoms with Crippen LogP contribution in [0.1, 0.15) is 36.3 Å². The molecule has 0 unspecified atom stereocenters. The fraction of sp³-hybridized carbons (Fsp3) is 0.421. The van der Waals surface area contributed by atoms with E-state index in [2.05, 4.69) is 10.3 Å². The van der Waals surface area contributed by atoms with Crippen LogP contribution >= 0.6 is 0 Å². The molecule has 0 amide bonds. The highest BCUT2D eigenvalue weighted by molar-refractivity contribution is 5.90. The van der Waals surface area contributed by atoms with Gasteiger partial charge in [0.05, 0.1) is 13.2 Å². The molecule has 0 saturated heterocycles. The van der Waals surface area contributed by atoms with Gasteiger partial charge in [-0.25, -0.2) is 9.78 Å². The van der Waals surface area contributed by atoms with Crippen molar-refractivity contribution in [1.82, 2.24) is 9.55 Å². The number of hydrogen-bond acceptors (Lipinski definition) is 6. The van der Waals surface area contributed by atoms with Crippen molar-refractivity contribution in [3.8, 4) is 11.1 Å². The number of aromatic nitrogens is 2. The van der Waals surface area contributed by atoms with Crippen LogP contribution in [-0.4, -0.2) is 41.2 Å². The third-order valence-electron chi connectivity index (χ3n) is 4.15. The maximum atomic E-state index is 11.8. The first-order valence-corrected chi connectivity index (χ1v) is 8.47. The van der Waals surface area contributed by atoms with Crippen LogP contribution in [-0.2, 0) is 21.3 Å². The Balaban J connectivity index is 2.27. The van der Waals surface area contributed by atoms with Crippen molar-refractivity contribution < 1.29 is 19.1 Å². The number of anilines is 1. The highest BCUT2D eigenvalue weighted by Crippen LogP contribution is 2.27. The molecule has 7 nitrogen and oxygen atoms in total. The lowest BCUT2D eigenvalue weighted by Gasteiger charge is -2.18. The minimum absolute atomic E-state index is 0.0247. The second kappa shape index (κ2) is 8.51. The number of esters is 2. The maximum absolute atomic E-state index is 11.8. The van der Waals surface area contributed by atoms with Crippen LogP contribution in [0.5, 0.6) is 0 Å². The van der Waals surface area contributed by atoms with Gasteiger partial charge in [0.1, 0.15) is 18.1 Å². The summed E-state index contributed by atoms with van der Waals surface area (Å²) in [6.45, 7) is 5.65. The molecule has 1 N–H and O–H groups in total. The SMILES string of the molecule is CC[C@@H](COC(C)=O)Nc1cc(-c2cc(C(=O)OC)n(C)c2)c(C)cn1. The molecule has 0 fully saturated rings. The minimum atomic E-state index is -0.378. The van der Waals surface area contributed by atoms with E-state index in [4.69, 9.17) is 9.47 Å². The second-order valence-electron chi connectivity index (χ2n) is 6.15. The average Bonchev–Trinajstić information content (AvgIpc) is 3.00. The summed E-state index contributed by atoms with van der Waals surface area (Å²) in [5, 5.41) is 3.29. The number of ether oxygens (including phenoxy) is 2.